The SMILES string of the molecule is Cc1ncc(C(C)(C)Cc2ncnc(C(C)(C)C)n2)cn1. The van der Waals surface area contributed by atoms with Gasteiger partial charge >= 0.3 is 0 Å². The molecule has 0 saturated carbocycles. The summed E-state index contributed by atoms with van der Waals surface area (Å²) in [6, 6.07) is 0. The number of hydrogen-bond donors (Lipinski definition) is 0. The first-order chi connectivity index (χ1) is 9.68. The molecule has 0 aliphatic heterocycles. The molecule has 5 nitrogen and oxygen atoms in total. The monoisotopic (exact) mass is 285 g/mol. The van der Waals surface area contributed by atoms with E-state index >= 15 is 0 Å². The molecule has 2 aromatic heterocycles. The van der Waals surface area contributed by atoms with Gasteiger partial charge in [0.1, 0.15) is 23.8 Å². The third-order valence-corrected chi connectivity index (χ3v) is 3.46. The summed E-state index contributed by atoms with van der Waals surface area (Å²) in [6.07, 6.45) is 6.10. The van der Waals surface area contributed by atoms with Crippen LogP contribution in [0.15, 0.2) is 18.7 Å². The summed E-state index contributed by atoms with van der Waals surface area (Å²) in [5.74, 6) is 2.41. The number of aryl methyl sites for hydroxylation is 1. The molecule has 2 rings (SSSR count). The zero-order chi connectivity index (χ0) is 15.7. The third kappa shape index (κ3) is 3.80. The van der Waals surface area contributed by atoms with Crippen molar-refractivity contribution in [2.75, 3.05) is 0 Å². The zero-order valence-corrected chi connectivity index (χ0v) is 13.7. The number of hydrogen-bond acceptors (Lipinski definition) is 5. The maximum absolute atomic E-state index is 4.61. The Morgan fingerprint density at radius 1 is 0.905 bits per heavy atom. The van der Waals surface area contributed by atoms with E-state index < -0.39 is 0 Å². The van der Waals surface area contributed by atoms with Crippen molar-refractivity contribution in [3.63, 3.8) is 0 Å². The van der Waals surface area contributed by atoms with Crippen molar-refractivity contribution in [3.8, 4) is 0 Å². The smallest absolute Gasteiger partial charge is 0.137 e. The molecule has 0 spiro atoms. The molecule has 5 heteroatoms. The summed E-state index contributed by atoms with van der Waals surface area (Å²) in [7, 11) is 0. The second-order valence-corrected chi connectivity index (χ2v) is 7.05. The Hall–Kier alpha value is -1.91. The summed E-state index contributed by atoms with van der Waals surface area (Å²) in [4.78, 5) is 21.8. The molecule has 0 radical (unpaired) electrons. The molecule has 0 bridgehead atoms. The standard InChI is InChI=1S/C16H23N5/c1-11-17-8-12(9-18-11)16(5,6)7-13-19-10-20-14(21-13)15(2,3)4/h8-10H,7H2,1-6H3. The molecule has 112 valence electrons. The average Bonchev–Trinajstić information content (AvgIpc) is 2.38. The van der Waals surface area contributed by atoms with Crippen LogP contribution in [0.5, 0.6) is 0 Å². The van der Waals surface area contributed by atoms with E-state index in [4.69, 9.17) is 0 Å². The van der Waals surface area contributed by atoms with E-state index in [2.05, 4.69) is 59.5 Å². The molecule has 0 aliphatic rings. The Kier molecular flexibility index (Phi) is 4.03. The minimum absolute atomic E-state index is 0.0746. The largest absolute Gasteiger partial charge is 0.241 e. The Morgan fingerprint density at radius 2 is 1.52 bits per heavy atom. The van der Waals surface area contributed by atoms with Crippen molar-refractivity contribution in [1.29, 1.82) is 0 Å². The van der Waals surface area contributed by atoms with Crippen LogP contribution in [-0.4, -0.2) is 24.9 Å². The van der Waals surface area contributed by atoms with Crippen LogP contribution in [0.4, 0.5) is 0 Å². The zero-order valence-electron chi connectivity index (χ0n) is 13.7. The highest BCUT2D eigenvalue weighted by Crippen LogP contribution is 2.26. The molecule has 0 amide bonds. The molecule has 0 fully saturated rings. The summed E-state index contributed by atoms with van der Waals surface area (Å²) < 4.78 is 0. The number of rotatable bonds is 3. The summed E-state index contributed by atoms with van der Waals surface area (Å²) in [5.41, 5.74) is 0.893. The van der Waals surface area contributed by atoms with E-state index in [0.29, 0.717) is 0 Å². The quantitative estimate of drug-likeness (QED) is 0.867. The van der Waals surface area contributed by atoms with Crippen molar-refractivity contribution < 1.29 is 0 Å². The van der Waals surface area contributed by atoms with Gasteiger partial charge in [-0.15, -0.1) is 0 Å². The predicted molar refractivity (Wildman–Crippen MR) is 82.0 cm³/mol. The first-order valence-electron chi connectivity index (χ1n) is 7.16. The van der Waals surface area contributed by atoms with Gasteiger partial charge < -0.3 is 0 Å². The fraction of sp³-hybridized carbons (Fsp3) is 0.562. The maximum atomic E-state index is 4.61. The lowest BCUT2D eigenvalue weighted by Gasteiger charge is -2.24. The van der Waals surface area contributed by atoms with Gasteiger partial charge in [-0.3, -0.25) is 0 Å². The Labute approximate surface area is 126 Å². The Bertz CT molecular complexity index is 611. The minimum Gasteiger partial charge on any atom is -0.241 e. The normalized spacial score (nSPS) is 12.5. The van der Waals surface area contributed by atoms with E-state index in [-0.39, 0.29) is 10.8 Å². The van der Waals surface area contributed by atoms with Crippen LogP contribution in [0, 0.1) is 6.92 Å². The van der Waals surface area contributed by atoms with E-state index in [0.717, 1.165) is 29.5 Å². The first kappa shape index (κ1) is 15.5. The average molecular weight is 285 g/mol. The van der Waals surface area contributed by atoms with E-state index in [1.54, 1.807) is 6.33 Å². The van der Waals surface area contributed by atoms with Crippen molar-refractivity contribution in [2.45, 2.75) is 58.8 Å². The van der Waals surface area contributed by atoms with Crippen LogP contribution in [-0.2, 0) is 17.3 Å². The molecule has 0 unspecified atom stereocenters. The number of nitrogens with zero attached hydrogens (tertiary/aromatic N) is 5. The van der Waals surface area contributed by atoms with Gasteiger partial charge in [0.25, 0.3) is 0 Å². The van der Waals surface area contributed by atoms with Gasteiger partial charge in [0.15, 0.2) is 0 Å². The van der Waals surface area contributed by atoms with Crippen LogP contribution in [0.2, 0.25) is 0 Å². The Morgan fingerprint density at radius 3 is 2.10 bits per heavy atom. The highest BCUT2D eigenvalue weighted by atomic mass is 15.0. The second kappa shape index (κ2) is 5.47. The van der Waals surface area contributed by atoms with Gasteiger partial charge in [-0.25, -0.2) is 24.9 Å². The molecule has 2 heterocycles. The molecule has 0 saturated heterocycles. The van der Waals surface area contributed by atoms with E-state index in [9.17, 15) is 0 Å². The molecule has 0 aromatic carbocycles. The van der Waals surface area contributed by atoms with E-state index in [1.165, 1.54) is 0 Å². The highest BCUT2D eigenvalue weighted by Gasteiger charge is 2.25. The van der Waals surface area contributed by atoms with Gasteiger partial charge in [0, 0.05) is 24.2 Å². The van der Waals surface area contributed by atoms with Crippen LogP contribution in [0.25, 0.3) is 0 Å². The molecular formula is C16H23N5. The second-order valence-electron chi connectivity index (χ2n) is 7.05. The fourth-order valence-electron chi connectivity index (χ4n) is 2.02. The topological polar surface area (TPSA) is 64.5 Å². The van der Waals surface area contributed by atoms with Crippen molar-refractivity contribution in [3.05, 3.63) is 41.8 Å². The molecule has 0 N–H and O–H groups in total. The van der Waals surface area contributed by atoms with Gasteiger partial charge in [0.2, 0.25) is 0 Å². The molecular weight excluding hydrogens is 262 g/mol. The van der Waals surface area contributed by atoms with Crippen LogP contribution in [0.1, 0.15) is 57.7 Å². The lowest BCUT2D eigenvalue weighted by Crippen LogP contribution is -2.24. The summed E-state index contributed by atoms with van der Waals surface area (Å²) in [5, 5.41) is 0. The molecule has 2 aromatic rings. The third-order valence-electron chi connectivity index (χ3n) is 3.46. The molecule has 0 aliphatic carbocycles. The van der Waals surface area contributed by atoms with Gasteiger partial charge in [0.05, 0.1) is 0 Å². The fourth-order valence-corrected chi connectivity index (χ4v) is 2.02. The van der Waals surface area contributed by atoms with E-state index in [1.807, 2.05) is 19.3 Å². The Balaban J connectivity index is 2.26. The van der Waals surface area contributed by atoms with Crippen LogP contribution >= 0.6 is 0 Å². The predicted octanol–water partition coefficient (Wildman–Crippen LogP) is 2.79. The van der Waals surface area contributed by atoms with Crippen molar-refractivity contribution in [1.82, 2.24) is 24.9 Å². The van der Waals surface area contributed by atoms with Crippen LogP contribution < -0.4 is 0 Å². The van der Waals surface area contributed by atoms with Crippen LogP contribution in [0.3, 0.4) is 0 Å². The van der Waals surface area contributed by atoms with Gasteiger partial charge in [-0.1, -0.05) is 34.6 Å². The number of aromatic nitrogens is 5. The maximum Gasteiger partial charge on any atom is 0.137 e. The lowest BCUT2D eigenvalue weighted by atomic mass is 9.83. The minimum atomic E-state index is -0.121. The van der Waals surface area contributed by atoms with Gasteiger partial charge in [-0.2, -0.15) is 0 Å². The van der Waals surface area contributed by atoms with Crippen molar-refractivity contribution in [2.24, 2.45) is 0 Å². The highest BCUT2D eigenvalue weighted by molar-refractivity contribution is 5.19. The first-order valence-corrected chi connectivity index (χ1v) is 7.16. The summed E-state index contributed by atoms with van der Waals surface area (Å²) >= 11 is 0. The summed E-state index contributed by atoms with van der Waals surface area (Å²) in [6.45, 7) is 12.5. The molecule has 21 heavy (non-hydrogen) atoms. The lowest BCUT2D eigenvalue weighted by molar-refractivity contribution is 0.485. The van der Waals surface area contributed by atoms with Crippen molar-refractivity contribution >= 4 is 0 Å². The van der Waals surface area contributed by atoms with Gasteiger partial charge in [-0.05, 0) is 17.9 Å². The molecule has 0 atom stereocenters.